The number of phosphoric ester groups is 1. The number of nitrogens with one attached hydrogen (secondary N) is 1. The number of hydrogen-bond acceptors (Lipinski definition) is 16. The van der Waals surface area contributed by atoms with Crippen LogP contribution in [-0.4, -0.2) is 61.3 Å². The van der Waals surface area contributed by atoms with Crippen molar-refractivity contribution in [3.05, 3.63) is 16.7 Å². The minimum atomic E-state index is -5.86. The van der Waals surface area contributed by atoms with Gasteiger partial charge in [0.1, 0.15) is 25.9 Å². The van der Waals surface area contributed by atoms with E-state index in [-0.39, 0.29) is 17.1 Å². The maximum atomic E-state index is 11.9. The van der Waals surface area contributed by atoms with Crippen LogP contribution in [0, 0.1) is 0 Å². The van der Waals surface area contributed by atoms with Gasteiger partial charge in [0.25, 0.3) is 21.2 Å². The fourth-order valence-corrected chi connectivity index (χ4v) is 6.07. The number of aromatic nitrogens is 4. The van der Waals surface area contributed by atoms with Crippen molar-refractivity contribution in [2.24, 2.45) is 0 Å². The monoisotopic (exact) mass is 518 g/mol. The molecule has 1 saturated heterocycles. The number of anilines is 1. The normalized spacial score (nSPS) is 29.4. The standard InChI is InChI=1S/C11H18N5O13P3/c1-30(20,21)28-32(24,25)29-31(22,23)26-2-4-6(17)7(18)10(27-4)16-3-13-5-8(16)14-11(12)15-9(5)19/h3-4,6-7,10,17-18H,2H2,1H3,(H,20,21)(H,22,23)(H,24,25)(H3,12,14,15,19)/p-3/t4-,6?,7?,10-/m1/s1. The number of ether oxygens (including phenoxy) is 1. The predicted molar refractivity (Wildman–Crippen MR) is 95.4 cm³/mol. The smallest absolute Gasteiger partial charge is 0.280 e. The van der Waals surface area contributed by atoms with Crippen LogP contribution in [0.3, 0.4) is 0 Å². The summed E-state index contributed by atoms with van der Waals surface area (Å²) in [7, 11) is -16.5. The lowest BCUT2D eigenvalue weighted by molar-refractivity contribution is -0.245. The van der Waals surface area contributed by atoms with Crippen LogP contribution in [0.1, 0.15) is 6.23 Å². The minimum Gasteiger partial charge on any atom is -0.778 e. The van der Waals surface area contributed by atoms with Gasteiger partial charge in [-0.2, -0.15) is 4.98 Å². The maximum Gasteiger partial charge on any atom is 0.280 e. The molecule has 180 valence electrons. The van der Waals surface area contributed by atoms with Gasteiger partial charge in [0.15, 0.2) is 17.4 Å². The quantitative estimate of drug-likeness (QED) is 0.246. The summed E-state index contributed by atoms with van der Waals surface area (Å²) in [6, 6.07) is 0. The lowest BCUT2D eigenvalue weighted by Crippen LogP contribution is -2.34. The van der Waals surface area contributed by atoms with Gasteiger partial charge in [0, 0.05) is 6.66 Å². The number of fused-ring (bicyclic) bond motifs is 1. The third-order valence-electron chi connectivity index (χ3n) is 3.91. The molecule has 18 nitrogen and oxygen atoms in total. The number of aliphatic hydroxyl groups excluding tert-OH is 2. The first-order valence-corrected chi connectivity index (χ1v) is 13.2. The summed E-state index contributed by atoms with van der Waals surface area (Å²) in [5.41, 5.74) is 4.49. The molecule has 32 heavy (non-hydrogen) atoms. The van der Waals surface area contributed by atoms with Crippen LogP contribution in [0.25, 0.3) is 11.2 Å². The van der Waals surface area contributed by atoms with Crippen molar-refractivity contribution in [1.82, 2.24) is 19.5 Å². The van der Waals surface area contributed by atoms with Crippen LogP contribution in [0.15, 0.2) is 11.1 Å². The molecular formula is C11H15N5O13P3-3. The molecule has 0 aliphatic carbocycles. The number of nitrogen functional groups attached to an aromatic ring is 1. The number of nitrogens with two attached hydrogens (primary N) is 1. The second-order valence-electron chi connectivity index (χ2n) is 6.45. The Kier molecular flexibility index (Phi) is 6.81. The molecule has 21 heteroatoms. The molecule has 2 aromatic heterocycles. The highest BCUT2D eigenvalue weighted by atomic mass is 31.3. The molecule has 5 unspecified atom stereocenters. The van der Waals surface area contributed by atoms with Crippen molar-refractivity contribution in [3.63, 3.8) is 0 Å². The fraction of sp³-hybridized carbons (Fsp3) is 0.545. The average molecular weight is 518 g/mol. The highest BCUT2D eigenvalue weighted by Crippen LogP contribution is 2.61. The van der Waals surface area contributed by atoms with E-state index in [2.05, 4.69) is 28.1 Å². The number of aliphatic hydroxyl groups is 2. The van der Waals surface area contributed by atoms with Crippen molar-refractivity contribution in [2.45, 2.75) is 24.5 Å². The van der Waals surface area contributed by atoms with Crippen LogP contribution in [0.5, 0.6) is 0 Å². The van der Waals surface area contributed by atoms with E-state index in [1.54, 1.807) is 0 Å². The summed E-state index contributed by atoms with van der Waals surface area (Å²) in [6.07, 6.45) is -5.39. The Bertz CT molecular complexity index is 1210. The van der Waals surface area contributed by atoms with Gasteiger partial charge in [-0.15, -0.1) is 0 Å². The summed E-state index contributed by atoms with van der Waals surface area (Å²) >= 11 is 0. The molecule has 1 fully saturated rings. The van der Waals surface area contributed by atoms with E-state index in [9.17, 15) is 43.4 Å². The molecule has 5 N–H and O–H groups in total. The average Bonchev–Trinajstić information content (AvgIpc) is 3.12. The van der Waals surface area contributed by atoms with Crippen LogP contribution in [0.4, 0.5) is 5.95 Å². The van der Waals surface area contributed by atoms with E-state index < -0.39 is 59.9 Å². The first kappa shape index (κ1) is 25.1. The topological polar surface area (TPSA) is 287 Å². The zero-order chi connectivity index (χ0) is 24.1. The third kappa shape index (κ3) is 5.69. The van der Waals surface area contributed by atoms with E-state index in [1.807, 2.05) is 0 Å². The molecule has 1 aliphatic heterocycles. The largest absolute Gasteiger partial charge is 0.778 e. The molecule has 0 amide bonds. The SMILES string of the molecule is CP(=O)([O-])OP(=O)([O-])OP(=O)([O-])OC[C@H]1O[C@@H](n2cnc3c(=O)[nH]c(N)nc32)C(O)C1O. The zero-order valence-corrected chi connectivity index (χ0v) is 18.4. The van der Waals surface area contributed by atoms with Gasteiger partial charge >= 0.3 is 0 Å². The summed E-state index contributed by atoms with van der Waals surface area (Å²) in [4.78, 5) is 55.6. The number of imidazole rings is 1. The molecule has 3 rings (SSSR count). The van der Waals surface area contributed by atoms with Crippen LogP contribution >= 0.6 is 23.2 Å². The summed E-state index contributed by atoms with van der Waals surface area (Å²) in [5.74, 6) is -0.277. The van der Waals surface area contributed by atoms with Crippen molar-refractivity contribution in [1.29, 1.82) is 0 Å². The Morgan fingerprint density at radius 3 is 2.50 bits per heavy atom. The van der Waals surface area contributed by atoms with E-state index in [4.69, 9.17) is 10.5 Å². The van der Waals surface area contributed by atoms with Crippen LogP contribution in [0.2, 0.25) is 0 Å². The number of phosphoric acid groups is 2. The molecule has 3 heterocycles. The van der Waals surface area contributed by atoms with Crippen molar-refractivity contribution < 1.29 is 56.5 Å². The van der Waals surface area contributed by atoms with E-state index in [1.165, 1.54) is 0 Å². The highest BCUT2D eigenvalue weighted by molar-refractivity contribution is 7.66. The number of rotatable bonds is 8. The van der Waals surface area contributed by atoms with Crippen molar-refractivity contribution in [2.75, 3.05) is 19.0 Å². The van der Waals surface area contributed by atoms with Gasteiger partial charge in [-0.3, -0.25) is 27.8 Å². The van der Waals surface area contributed by atoms with Gasteiger partial charge < -0.3 is 44.5 Å². The van der Waals surface area contributed by atoms with Gasteiger partial charge in [-0.1, -0.05) is 0 Å². The number of hydrogen-bond donors (Lipinski definition) is 4. The summed E-state index contributed by atoms with van der Waals surface area (Å²) < 4.78 is 51.8. The molecule has 0 spiro atoms. The molecule has 0 aromatic carbocycles. The molecule has 0 bridgehead atoms. The molecule has 2 aromatic rings. The molecule has 7 atom stereocenters. The Hall–Kier alpha value is -1.52. The molecule has 0 radical (unpaired) electrons. The van der Waals surface area contributed by atoms with Gasteiger partial charge in [0.05, 0.1) is 12.9 Å². The first-order chi connectivity index (χ1) is 14.6. The highest BCUT2D eigenvalue weighted by Gasteiger charge is 2.45. The Labute approximate surface area is 177 Å². The predicted octanol–water partition coefficient (Wildman–Crippen LogP) is -3.51. The van der Waals surface area contributed by atoms with Crippen molar-refractivity contribution in [3.8, 4) is 0 Å². The lowest BCUT2D eigenvalue weighted by Gasteiger charge is -2.33. The van der Waals surface area contributed by atoms with Crippen molar-refractivity contribution >= 4 is 40.4 Å². The van der Waals surface area contributed by atoms with E-state index >= 15 is 0 Å². The van der Waals surface area contributed by atoms with Crippen LogP contribution < -0.4 is 26.0 Å². The van der Waals surface area contributed by atoms with E-state index in [0.717, 1.165) is 10.9 Å². The second kappa shape index (κ2) is 8.68. The number of aromatic amines is 1. The van der Waals surface area contributed by atoms with Gasteiger partial charge in [-0.25, -0.2) is 9.29 Å². The summed E-state index contributed by atoms with van der Waals surface area (Å²) in [5, 5.41) is 20.4. The Morgan fingerprint density at radius 2 is 1.88 bits per heavy atom. The van der Waals surface area contributed by atoms with Gasteiger partial charge in [-0.05, 0) is 0 Å². The second-order valence-corrected chi connectivity index (χ2v) is 11.3. The molecule has 1 aliphatic rings. The third-order valence-corrected chi connectivity index (χ3v) is 7.96. The fourth-order valence-electron chi connectivity index (χ4n) is 2.73. The minimum absolute atomic E-state index is 0.118. The van der Waals surface area contributed by atoms with Crippen LogP contribution in [-0.2, 0) is 31.6 Å². The lowest BCUT2D eigenvalue weighted by atomic mass is 10.1. The molecular weight excluding hydrogens is 503 g/mol. The number of nitrogens with zero attached hydrogens (tertiary/aromatic N) is 3. The molecule has 0 saturated carbocycles. The summed E-state index contributed by atoms with van der Waals surface area (Å²) in [6.45, 7) is -0.697. The Morgan fingerprint density at radius 1 is 1.22 bits per heavy atom. The van der Waals surface area contributed by atoms with E-state index in [0.29, 0.717) is 6.66 Å². The van der Waals surface area contributed by atoms with Gasteiger partial charge in [0.2, 0.25) is 5.95 Å². The zero-order valence-electron chi connectivity index (χ0n) is 15.7. The number of H-pyrrole nitrogens is 1. The maximum absolute atomic E-state index is 11.9. The first-order valence-electron chi connectivity index (χ1n) is 8.30. The Balaban J connectivity index is 1.72.